The monoisotopic (exact) mass is 324 g/mol. The van der Waals surface area contributed by atoms with Crippen LogP contribution in [0.25, 0.3) is 0 Å². The van der Waals surface area contributed by atoms with Gasteiger partial charge in [0.1, 0.15) is 0 Å². The molecule has 0 aliphatic carbocycles. The Labute approximate surface area is 48.8 Å². The second kappa shape index (κ2) is 5.09. The van der Waals surface area contributed by atoms with Gasteiger partial charge < -0.3 is 0 Å². The van der Waals surface area contributed by atoms with Gasteiger partial charge in [-0.3, -0.25) is 0 Å². The van der Waals surface area contributed by atoms with Gasteiger partial charge in [0, 0.05) is 0 Å². The third-order valence-corrected chi connectivity index (χ3v) is 6.01. The molecule has 3 heteroatoms. The van der Waals surface area contributed by atoms with Crippen molar-refractivity contribution in [2.75, 3.05) is 0 Å². The Hall–Kier alpha value is 1.09. The first-order chi connectivity index (χ1) is 2.41. The van der Waals surface area contributed by atoms with Crippen molar-refractivity contribution in [3.63, 3.8) is 0 Å². The molecular formula is C2H3BrHgO. The fourth-order valence-electron chi connectivity index (χ4n) is 0.0445. The van der Waals surface area contributed by atoms with Gasteiger partial charge in [-0.25, -0.2) is 0 Å². The zero-order valence-corrected chi connectivity index (χ0v) is 9.86. The van der Waals surface area contributed by atoms with Crippen LogP contribution >= 0.6 is 11.9 Å². The van der Waals surface area contributed by atoms with Gasteiger partial charge in [0.05, 0.1) is 0 Å². The van der Waals surface area contributed by atoms with Crippen LogP contribution in [0.2, 0.25) is 3.93 Å². The summed E-state index contributed by atoms with van der Waals surface area (Å²) in [5.74, 6) is 0. The molecule has 0 spiro atoms. The first kappa shape index (κ1) is 6.09. The zero-order chi connectivity index (χ0) is 4.12. The Morgan fingerprint density at radius 1 is 2.00 bits per heavy atom. The average Bonchev–Trinajstić information content (AvgIpc) is 1.41. The van der Waals surface area contributed by atoms with Gasteiger partial charge in [-0.05, 0) is 0 Å². The molecule has 0 fully saturated rings. The molecule has 0 saturated carbocycles. The summed E-state index contributed by atoms with van der Waals surface area (Å²) in [7, 11) is 0. The summed E-state index contributed by atoms with van der Waals surface area (Å²) in [6, 6.07) is 0. The minimum atomic E-state index is -0.699. The van der Waals surface area contributed by atoms with Crippen LogP contribution < -0.4 is 0 Å². The van der Waals surface area contributed by atoms with Crippen molar-refractivity contribution in [3.8, 4) is 0 Å². The van der Waals surface area contributed by atoms with Crippen molar-refractivity contribution in [2.24, 2.45) is 0 Å². The Balaban J connectivity index is 2.40. The first-order valence-corrected chi connectivity index (χ1v) is 17.2. The van der Waals surface area contributed by atoms with Gasteiger partial charge in [0.15, 0.2) is 0 Å². The van der Waals surface area contributed by atoms with E-state index in [2.05, 4.69) is 11.9 Å². The fraction of sp³-hybridized carbons (Fsp3) is 0.500. The molecule has 0 amide bonds. The van der Waals surface area contributed by atoms with E-state index in [1.165, 1.54) is 0 Å². The van der Waals surface area contributed by atoms with Gasteiger partial charge in [0.2, 0.25) is 0 Å². The summed E-state index contributed by atoms with van der Waals surface area (Å²) in [4.78, 5) is 9.43. The quantitative estimate of drug-likeness (QED) is 0.547. The maximum absolute atomic E-state index is 9.43. The second-order valence-electron chi connectivity index (χ2n) is 0.644. The van der Waals surface area contributed by atoms with Crippen LogP contribution in [0.3, 0.4) is 0 Å². The summed E-state index contributed by atoms with van der Waals surface area (Å²) in [6.07, 6.45) is 0.982. The number of halogens is 1. The molecule has 26 valence electrons. The molecule has 0 aliphatic heterocycles. The van der Waals surface area contributed by atoms with Crippen LogP contribution in [-0.2, 0) is 26.9 Å². The van der Waals surface area contributed by atoms with Gasteiger partial charge in [-0.1, -0.05) is 0 Å². The van der Waals surface area contributed by atoms with E-state index in [0.717, 1.165) is 10.2 Å². The summed E-state index contributed by atoms with van der Waals surface area (Å²) in [5.41, 5.74) is 0. The van der Waals surface area contributed by atoms with Crippen LogP contribution in [0.4, 0.5) is 0 Å². The molecule has 0 radical (unpaired) electrons. The molecule has 0 N–H and O–H groups in total. The molecule has 0 unspecified atom stereocenters. The third-order valence-electron chi connectivity index (χ3n) is 0.227. The Kier molecular flexibility index (Phi) is 6.19. The van der Waals surface area contributed by atoms with Gasteiger partial charge >= 0.3 is 49.1 Å². The van der Waals surface area contributed by atoms with Crippen LogP contribution in [-0.4, -0.2) is 6.29 Å². The summed E-state index contributed by atoms with van der Waals surface area (Å²) < 4.78 is 0.847. The van der Waals surface area contributed by atoms with E-state index < -0.39 is 22.1 Å². The van der Waals surface area contributed by atoms with E-state index in [-0.39, 0.29) is 0 Å². The molecule has 0 rings (SSSR count). The number of hydrogen-bond donors (Lipinski definition) is 0. The molecule has 5 heavy (non-hydrogen) atoms. The van der Waals surface area contributed by atoms with Crippen LogP contribution in [0.15, 0.2) is 0 Å². The van der Waals surface area contributed by atoms with E-state index in [9.17, 15) is 4.79 Å². The zero-order valence-electron chi connectivity index (χ0n) is 2.78. The average molecular weight is 324 g/mol. The second-order valence-corrected chi connectivity index (χ2v) is 11.3. The molecule has 0 saturated heterocycles. The molecule has 0 atom stereocenters. The van der Waals surface area contributed by atoms with Gasteiger partial charge in [-0.15, -0.1) is 0 Å². The Bertz CT molecular complexity index is 30.8. The van der Waals surface area contributed by atoms with Crippen molar-refractivity contribution in [3.05, 3.63) is 0 Å². The summed E-state index contributed by atoms with van der Waals surface area (Å²) in [6.45, 7) is 0. The predicted octanol–water partition coefficient (Wildman–Crippen LogP) is 0.996. The molecule has 1 nitrogen and oxygen atoms in total. The standard InChI is InChI=1S/C2H3O.BrH.Hg/c1-2-3;;/h2H,1H2;1H;/q;;+1/p-1. The number of carbonyl (C=O) groups excluding carboxylic acids is 1. The Morgan fingerprint density at radius 2 is 2.60 bits per heavy atom. The summed E-state index contributed by atoms with van der Waals surface area (Å²) in [5, 5.41) is 0. The molecule has 0 aliphatic rings. The van der Waals surface area contributed by atoms with Gasteiger partial charge in [0.25, 0.3) is 0 Å². The number of rotatable bonds is 2. The van der Waals surface area contributed by atoms with Crippen molar-refractivity contribution in [1.82, 2.24) is 0 Å². The van der Waals surface area contributed by atoms with Crippen molar-refractivity contribution < 1.29 is 26.9 Å². The predicted molar refractivity (Wildman–Crippen MR) is 19.8 cm³/mol. The maximum atomic E-state index is 9.43. The molecule has 0 aromatic carbocycles. The number of aldehydes is 1. The normalized spacial score (nSPS) is 5.80. The van der Waals surface area contributed by atoms with Crippen molar-refractivity contribution in [1.29, 1.82) is 0 Å². The van der Waals surface area contributed by atoms with Crippen molar-refractivity contribution >= 4 is 18.2 Å². The van der Waals surface area contributed by atoms with E-state index >= 15 is 0 Å². The number of hydrogen-bond acceptors (Lipinski definition) is 1. The van der Waals surface area contributed by atoms with E-state index in [4.69, 9.17) is 0 Å². The summed E-state index contributed by atoms with van der Waals surface area (Å²) >= 11 is 2.60. The number of carbonyl (C=O) groups is 1. The van der Waals surface area contributed by atoms with Crippen LogP contribution in [0.5, 0.6) is 0 Å². The van der Waals surface area contributed by atoms with Gasteiger partial charge in [-0.2, -0.15) is 0 Å². The Morgan fingerprint density at radius 3 is 2.60 bits per heavy atom. The third kappa shape index (κ3) is 5.09. The first-order valence-electron chi connectivity index (χ1n) is 1.41. The van der Waals surface area contributed by atoms with E-state index in [0.29, 0.717) is 0 Å². The molecular weight excluding hydrogens is 321 g/mol. The molecule has 0 aromatic heterocycles. The minimum absolute atomic E-state index is 0.699. The molecule has 0 heterocycles. The SMILES string of the molecule is O=C[CH2][Hg][Br]. The van der Waals surface area contributed by atoms with E-state index in [1.807, 2.05) is 0 Å². The fourth-order valence-corrected chi connectivity index (χ4v) is 2.03. The topological polar surface area (TPSA) is 17.1 Å². The van der Waals surface area contributed by atoms with Crippen LogP contribution in [0, 0.1) is 0 Å². The molecule has 0 bridgehead atoms. The molecule has 0 aromatic rings. The van der Waals surface area contributed by atoms with Crippen LogP contribution in [0.1, 0.15) is 0 Å². The van der Waals surface area contributed by atoms with E-state index in [1.54, 1.807) is 0 Å². The van der Waals surface area contributed by atoms with Crippen molar-refractivity contribution in [2.45, 2.75) is 3.93 Å².